The smallest absolute Gasteiger partial charge is 0.252 e. The molecule has 1 aromatic heterocycles. The van der Waals surface area contributed by atoms with Crippen LogP contribution >= 0.6 is 36.2 Å². The standard InChI is InChI=1S/C13H21N3O2S.2ClH/c1-3-11-16-10(9-19-11)8-15-12(17)13(18-2)4-6-14-7-5-13;;/h9,14H,3-8H2,1-2H3,(H,15,17);2*1H. The van der Waals surface area contributed by atoms with Crippen LogP contribution in [0.4, 0.5) is 0 Å². The lowest BCUT2D eigenvalue weighted by Crippen LogP contribution is -2.53. The average Bonchev–Trinajstić information content (AvgIpc) is 2.93. The van der Waals surface area contributed by atoms with Gasteiger partial charge >= 0.3 is 0 Å². The third kappa shape index (κ3) is 5.07. The van der Waals surface area contributed by atoms with Gasteiger partial charge in [0.2, 0.25) is 0 Å². The molecule has 8 heteroatoms. The van der Waals surface area contributed by atoms with Crippen LogP contribution in [0.15, 0.2) is 5.38 Å². The van der Waals surface area contributed by atoms with Crippen LogP contribution in [0.1, 0.15) is 30.5 Å². The molecule has 0 spiro atoms. The monoisotopic (exact) mass is 355 g/mol. The van der Waals surface area contributed by atoms with Gasteiger partial charge in [-0.1, -0.05) is 6.92 Å². The maximum Gasteiger partial charge on any atom is 0.252 e. The summed E-state index contributed by atoms with van der Waals surface area (Å²) in [7, 11) is 1.61. The number of hydrogen-bond donors (Lipinski definition) is 2. The third-order valence-corrected chi connectivity index (χ3v) is 4.59. The van der Waals surface area contributed by atoms with Crippen molar-refractivity contribution in [2.24, 2.45) is 0 Å². The third-order valence-electron chi connectivity index (χ3n) is 3.55. The van der Waals surface area contributed by atoms with E-state index in [9.17, 15) is 4.79 Å². The lowest BCUT2D eigenvalue weighted by Gasteiger charge is -2.34. The molecule has 1 amide bonds. The minimum Gasteiger partial charge on any atom is -0.368 e. The summed E-state index contributed by atoms with van der Waals surface area (Å²) < 4.78 is 5.49. The molecule has 0 saturated carbocycles. The zero-order chi connectivity index (χ0) is 13.7. The Labute approximate surface area is 142 Å². The first-order chi connectivity index (χ1) is 9.20. The number of aryl methyl sites for hydroxylation is 1. The van der Waals surface area contributed by atoms with E-state index < -0.39 is 5.60 Å². The van der Waals surface area contributed by atoms with Crippen molar-refractivity contribution in [2.45, 2.75) is 38.3 Å². The molecule has 1 aromatic rings. The molecule has 0 bridgehead atoms. The van der Waals surface area contributed by atoms with Gasteiger partial charge in [-0.2, -0.15) is 0 Å². The Morgan fingerprint density at radius 3 is 2.67 bits per heavy atom. The number of nitrogens with zero attached hydrogens (tertiary/aromatic N) is 1. The maximum atomic E-state index is 12.3. The average molecular weight is 356 g/mol. The van der Waals surface area contributed by atoms with Crippen LogP contribution in [0.3, 0.4) is 0 Å². The van der Waals surface area contributed by atoms with Gasteiger partial charge in [0.05, 0.1) is 17.2 Å². The lowest BCUT2D eigenvalue weighted by atomic mass is 9.91. The number of rotatable bonds is 5. The Balaban J connectivity index is 0.00000200. The molecule has 0 aromatic carbocycles. The van der Waals surface area contributed by atoms with Crippen molar-refractivity contribution < 1.29 is 9.53 Å². The maximum absolute atomic E-state index is 12.3. The van der Waals surface area contributed by atoms with E-state index in [1.54, 1.807) is 18.4 Å². The number of ether oxygens (including phenoxy) is 1. The van der Waals surface area contributed by atoms with Crippen LogP contribution in [0.25, 0.3) is 0 Å². The summed E-state index contributed by atoms with van der Waals surface area (Å²) in [6, 6.07) is 0. The minimum absolute atomic E-state index is 0. The molecule has 1 aliphatic rings. The van der Waals surface area contributed by atoms with Gasteiger partial charge in [0.15, 0.2) is 0 Å². The highest BCUT2D eigenvalue weighted by Crippen LogP contribution is 2.22. The van der Waals surface area contributed by atoms with E-state index in [2.05, 4.69) is 22.5 Å². The Kier molecular flexibility index (Phi) is 9.40. The first-order valence-corrected chi connectivity index (χ1v) is 7.55. The quantitative estimate of drug-likeness (QED) is 0.846. The molecule has 0 atom stereocenters. The predicted octanol–water partition coefficient (Wildman–Crippen LogP) is 1.93. The fraction of sp³-hybridized carbons (Fsp3) is 0.692. The van der Waals surface area contributed by atoms with Crippen LogP contribution < -0.4 is 10.6 Å². The van der Waals surface area contributed by atoms with Crippen LogP contribution in [0, 0.1) is 0 Å². The molecule has 0 aliphatic carbocycles. The van der Waals surface area contributed by atoms with Crippen molar-refractivity contribution in [3.63, 3.8) is 0 Å². The van der Waals surface area contributed by atoms with Crippen molar-refractivity contribution in [1.82, 2.24) is 15.6 Å². The van der Waals surface area contributed by atoms with Crippen LogP contribution in [-0.2, 0) is 22.5 Å². The molecular weight excluding hydrogens is 333 g/mol. The van der Waals surface area contributed by atoms with E-state index in [-0.39, 0.29) is 30.7 Å². The van der Waals surface area contributed by atoms with Gasteiger partial charge in [0.25, 0.3) is 5.91 Å². The minimum atomic E-state index is -0.672. The molecule has 122 valence electrons. The van der Waals surface area contributed by atoms with Crippen LogP contribution in [0.5, 0.6) is 0 Å². The van der Waals surface area contributed by atoms with E-state index in [4.69, 9.17) is 4.74 Å². The topological polar surface area (TPSA) is 63.2 Å². The molecule has 2 N–H and O–H groups in total. The van der Waals surface area contributed by atoms with Gasteiger partial charge in [-0.3, -0.25) is 4.79 Å². The fourth-order valence-electron chi connectivity index (χ4n) is 2.28. The molecule has 2 heterocycles. The van der Waals surface area contributed by atoms with Crippen molar-refractivity contribution >= 4 is 42.1 Å². The van der Waals surface area contributed by atoms with E-state index in [1.807, 2.05) is 5.38 Å². The molecule has 2 rings (SSSR count). The van der Waals surface area contributed by atoms with Gasteiger partial charge in [0, 0.05) is 12.5 Å². The number of piperidine rings is 1. The fourth-order valence-corrected chi connectivity index (χ4v) is 3.02. The van der Waals surface area contributed by atoms with E-state index in [1.165, 1.54) is 0 Å². The number of nitrogens with one attached hydrogen (secondary N) is 2. The number of halogens is 2. The van der Waals surface area contributed by atoms with Gasteiger partial charge < -0.3 is 15.4 Å². The van der Waals surface area contributed by atoms with E-state index in [0.717, 1.165) is 30.2 Å². The molecule has 1 fully saturated rings. The molecule has 1 aliphatic heterocycles. The second-order valence-electron chi connectivity index (χ2n) is 4.72. The van der Waals surface area contributed by atoms with Crippen LogP contribution in [0.2, 0.25) is 0 Å². The van der Waals surface area contributed by atoms with Gasteiger partial charge in [-0.25, -0.2) is 4.98 Å². The molecule has 5 nitrogen and oxygen atoms in total. The summed E-state index contributed by atoms with van der Waals surface area (Å²) in [4.78, 5) is 16.8. The number of carbonyl (C=O) groups is 1. The highest BCUT2D eigenvalue weighted by Gasteiger charge is 2.39. The summed E-state index contributed by atoms with van der Waals surface area (Å²) in [6.07, 6.45) is 2.37. The zero-order valence-corrected chi connectivity index (χ0v) is 14.8. The molecule has 0 radical (unpaired) electrons. The van der Waals surface area contributed by atoms with Crippen molar-refractivity contribution in [3.05, 3.63) is 16.1 Å². The number of methoxy groups -OCH3 is 1. The van der Waals surface area contributed by atoms with Crippen molar-refractivity contribution in [1.29, 1.82) is 0 Å². The largest absolute Gasteiger partial charge is 0.368 e. The Hall–Kier alpha value is -0.400. The van der Waals surface area contributed by atoms with Gasteiger partial charge in [-0.05, 0) is 32.4 Å². The summed E-state index contributed by atoms with van der Waals surface area (Å²) in [5.74, 6) is -0.0254. The SMILES string of the molecule is CCc1nc(CNC(=O)C2(OC)CCNCC2)cs1.Cl.Cl. The Morgan fingerprint density at radius 2 is 2.14 bits per heavy atom. The van der Waals surface area contributed by atoms with Crippen molar-refractivity contribution in [3.8, 4) is 0 Å². The van der Waals surface area contributed by atoms with Crippen LogP contribution in [-0.4, -0.2) is 36.7 Å². The lowest BCUT2D eigenvalue weighted by molar-refractivity contribution is -0.146. The first kappa shape index (κ1) is 20.6. The predicted molar refractivity (Wildman–Crippen MR) is 89.7 cm³/mol. The van der Waals surface area contributed by atoms with E-state index in [0.29, 0.717) is 19.4 Å². The highest BCUT2D eigenvalue weighted by molar-refractivity contribution is 7.09. The molecule has 0 unspecified atom stereocenters. The zero-order valence-electron chi connectivity index (χ0n) is 12.3. The number of carbonyl (C=O) groups excluding carboxylic acids is 1. The number of thiazole rings is 1. The second kappa shape index (κ2) is 9.58. The number of aromatic nitrogens is 1. The molecule has 1 saturated heterocycles. The highest BCUT2D eigenvalue weighted by atomic mass is 35.5. The summed E-state index contributed by atoms with van der Waals surface area (Å²) in [5.41, 5.74) is 0.255. The van der Waals surface area contributed by atoms with E-state index >= 15 is 0 Å². The normalized spacial score (nSPS) is 16.5. The Bertz CT molecular complexity index is 437. The Morgan fingerprint density at radius 1 is 1.48 bits per heavy atom. The molecular formula is C13H23Cl2N3O2S. The molecule has 21 heavy (non-hydrogen) atoms. The van der Waals surface area contributed by atoms with Gasteiger partial charge in [0.1, 0.15) is 5.60 Å². The summed E-state index contributed by atoms with van der Waals surface area (Å²) in [5, 5.41) is 9.30. The summed E-state index contributed by atoms with van der Waals surface area (Å²) >= 11 is 1.64. The second-order valence-corrected chi connectivity index (χ2v) is 5.66. The first-order valence-electron chi connectivity index (χ1n) is 6.67. The number of hydrogen-bond acceptors (Lipinski definition) is 5. The summed E-state index contributed by atoms with van der Waals surface area (Å²) in [6.45, 7) is 4.19. The van der Waals surface area contributed by atoms with Gasteiger partial charge in [-0.15, -0.1) is 36.2 Å². The number of amides is 1. The van der Waals surface area contributed by atoms with Crippen molar-refractivity contribution in [2.75, 3.05) is 20.2 Å².